The Morgan fingerprint density at radius 2 is 1.72 bits per heavy atom. The van der Waals surface area contributed by atoms with Crippen LogP contribution in [0.15, 0.2) is 82.5 Å². The maximum absolute atomic E-state index is 15.4. The molecule has 192 valence electrons. The minimum absolute atomic E-state index is 0.0236. The Labute approximate surface area is 206 Å². The Morgan fingerprint density at radius 3 is 2.36 bits per heavy atom. The highest BCUT2D eigenvalue weighted by molar-refractivity contribution is 7.51. The summed E-state index contributed by atoms with van der Waals surface area (Å²) in [5.41, 5.74) is -2.38. The van der Waals surface area contributed by atoms with Crippen LogP contribution in [-0.4, -0.2) is 39.1 Å². The van der Waals surface area contributed by atoms with E-state index in [1.807, 2.05) is 53.5 Å². The smallest absolute Gasteiger partial charge is 0.387 e. The Kier molecular flexibility index (Phi) is 7.99. The molecule has 3 aromatic rings. The number of aliphatic hydroxyl groups is 1. The van der Waals surface area contributed by atoms with Gasteiger partial charge in [0.25, 0.3) is 5.56 Å². The van der Waals surface area contributed by atoms with Crippen molar-refractivity contribution in [1.29, 1.82) is 0 Å². The molecule has 2 aromatic carbocycles. The van der Waals surface area contributed by atoms with Crippen LogP contribution in [0.1, 0.15) is 24.3 Å². The van der Waals surface area contributed by atoms with Gasteiger partial charge < -0.3 is 9.84 Å². The Hall–Kier alpha value is -2.92. The van der Waals surface area contributed by atoms with Crippen molar-refractivity contribution in [2.45, 2.75) is 44.2 Å². The van der Waals surface area contributed by atoms with Gasteiger partial charge in [-0.1, -0.05) is 60.7 Å². The summed E-state index contributed by atoms with van der Waals surface area (Å²) in [4.78, 5) is 25.5. The van der Waals surface area contributed by atoms with E-state index < -0.39 is 49.7 Å². The molecule has 1 saturated heterocycles. The summed E-state index contributed by atoms with van der Waals surface area (Å²) in [6, 6.07) is 19.3. The van der Waals surface area contributed by atoms with Crippen molar-refractivity contribution in [2.75, 3.05) is 6.61 Å². The van der Waals surface area contributed by atoms with Crippen LogP contribution in [0.5, 0.6) is 0 Å². The molecule has 36 heavy (non-hydrogen) atoms. The topological polar surface area (TPSA) is 132 Å². The van der Waals surface area contributed by atoms with Gasteiger partial charge in [0.05, 0.1) is 13.2 Å². The molecule has 1 fully saturated rings. The van der Waals surface area contributed by atoms with Gasteiger partial charge in [0.15, 0.2) is 11.9 Å². The van der Waals surface area contributed by atoms with E-state index >= 15 is 4.39 Å². The number of hydrogen-bond acceptors (Lipinski definition) is 7. The van der Waals surface area contributed by atoms with Crippen LogP contribution in [0.25, 0.3) is 0 Å². The Morgan fingerprint density at radius 1 is 1.08 bits per heavy atom. The number of ether oxygens (including phenoxy) is 1. The van der Waals surface area contributed by atoms with Crippen molar-refractivity contribution in [3.05, 3.63) is 105 Å². The summed E-state index contributed by atoms with van der Waals surface area (Å²) in [6.07, 6.45) is -3.48. The molecule has 0 saturated carbocycles. The molecule has 5 unspecified atom stereocenters. The van der Waals surface area contributed by atoms with Crippen molar-refractivity contribution in [3.63, 3.8) is 0 Å². The zero-order chi connectivity index (χ0) is 25.8. The number of hydrogen-bond donors (Lipinski definition) is 3. The van der Waals surface area contributed by atoms with Crippen molar-refractivity contribution in [2.24, 2.45) is 0 Å². The van der Waals surface area contributed by atoms with E-state index in [1.165, 1.54) is 0 Å². The van der Waals surface area contributed by atoms with Crippen LogP contribution in [0.4, 0.5) is 4.39 Å². The first-order valence-electron chi connectivity index (χ1n) is 11.2. The van der Waals surface area contributed by atoms with Gasteiger partial charge >= 0.3 is 13.4 Å². The van der Waals surface area contributed by atoms with E-state index in [-0.39, 0.29) is 13.2 Å². The lowest BCUT2D eigenvalue weighted by Crippen LogP contribution is -2.43. The highest BCUT2D eigenvalue weighted by atomic mass is 31.2. The number of halogens is 1. The normalized spacial score (nSPS) is 25.5. The summed E-state index contributed by atoms with van der Waals surface area (Å²) in [5.74, 6) is 0. The summed E-state index contributed by atoms with van der Waals surface area (Å²) in [7, 11) is -3.96. The molecular formula is C24H27FN3O7P. The number of H-pyrrole nitrogens is 1. The third-order valence-corrected chi connectivity index (χ3v) is 7.30. The number of benzene rings is 2. The van der Waals surface area contributed by atoms with Crippen LogP contribution in [0.2, 0.25) is 0 Å². The zero-order valence-electron chi connectivity index (χ0n) is 19.5. The first-order chi connectivity index (χ1) is 17.2. The second kappa shape index (κ2) is 11.0. The summed E-state index contributed by atoms with van der Waals surface area (Å²) >= 11 is 0. The molecule has 12 heteroatoms. The zero-order valence-corrected chi connectivity index (χ0v) is 20.3. The molecule has 1 aliphatic rings. The van der Waals surface area contributed by atoms with Crippen molar-refractivity contribution in [3.8, 4) is 0 Å². The molecule has 0 bridgehead atoms. The third-order valence-electron chi connectivity index (χ3n) is 5.79. The van der Waals surface area contributed by atoms with E-state index in [0.29, 0.717) is 0 Å². The number of aromatic nitrogens is 2. The lowest BCUT2D eigenvalue weighted by atomic mass is 9.98. The van der Waals surface area contributed by atoms with Crippen LogP contribution < -0.4 is 16.3 Å². The number of rotatable bonds is 10. The van der Waals surface area contributed by atoms with Gasteiger partial charge in [0, 0.05) is 18.8 Å². The second-order valence-electron chi connectivity index (χ2n) is 8.51. The molecule has 3 N–H and O–H groups in total. The molecule has 5 atom stereocenters. The monoisotopic (exact) mass is 519 g/mol. The first-order valence-corrected chi connectivity index (χ1v) is 12.8. The van der Waals surface area contributed by atoms with E-state index in [2.05, 4.69) is 5.09 Å². The number of alkyl halides is 1. The number of nitrogens with zero attached hydrogens (tertiary/aromatic N) is 1. The van der Waals surface area contributed by atoms with Crippen molar-refractivity contribution >= 4 is 7.75 Å². The lowest BCUT2D eigenvalue weighted by Gasteiger charge is -2.24. The Bertz CT molecular complexity index is 1270. The molecule has 2 heterocycles. The summed E-state index contributed by atoms with van der Waals surface area (Å²) < 4.78 is 46.6. The maximum Gasteiger partial charge on any atom is 0.406 e. The van der Waals surface area contributed by atoms with Gasteiger partial charge in [0.2, 0.25) is 0 Å². The van der Waals surface area contributed by atoms with Gasteiger partial charge in [0.1, 0.15) is 12.2 Å². The fourth-order valence-electron chi connectivity index (χ4n) is 3.78. The molecule has 0 aliphatic carbocycles. The molecule has 1 aromatic heterocycles. The molecule has 0 amide bonds. The predicted octanol–water partition coefficient (Wildman–Crippen LogP) is 2.65. The fourth-order valence-corrected chi connectivity index (χ4v) is 5.08. The van der Waals surface area contributed by atoms with Crippen molar-refractivity contribution in [1.82, 2.24) is 14.6 Å². The van der Waals surface area contributed by atoms with Gasteiger partial charge in [-0.3, -0.25) is 23.4 Å². The average molecular weight is 519 g/mol. The molecule has 4 rings (SSSR count). The maximum atomic E-state index is 15.4. The molecule has 10 nitrogen and oxygen atoms in total. The first kappa shape index (κ1) is 26.2. The minimum Gasteiger partial charge on any atom is -0.387 e. The van der Waals surface area contributed by atoms with Crippen molar-refractivity contribution < 1.29 is 27.8 Å². The van der Waals surface area contributed by atoms with Crippen LogP contribution in [0.3, 0.4) is 0 Å². The third kappa shape index (κ3) is 6.07. The fraction of sp³-hybridized carbons (Fsp3) is 0.333. The molecular weight excluding hydrogens is 492 g/mol. The number of aromatic amines is 1. The summed E-state index contributed by atoms with van der Waals surface area (Å²) in [6.45, 7) is 0.712. The van der Waals surface area contributed by atoms with E-state index in [4.69, 9.17) is 13.8 Å². The SMILES string of the molecule is CC1(F)C(O)C(COP(=O)(NCc2ccccc2)OCc2ccccc2)OC1n1ccc(=O)[nH]c1=O. The highest BCUT2D eigenvalue weighted by Crippen LogP contribution is 2.47. The second-order valence-corrected chi connectivity index (χ2v) is 10.3. The van der Waals surface area contributed by atoms with Crippen LogP contribution >= 0.6 is 7.75 Å². The molecule has 1 aliphatic heterocycles. The Balaban J connectivity index is 1.48. The quantitative estimate of drug-likeness (QED) is 0.349. The minimum atomic E-state index is -3.96. The predicted molar refractivity (Wildman–Crippen MR) is 129 cm³/mol. The largest absolute Gasteiger partial charge is 0.406 e. The van der Waals surface area contributed by atoms with E-state index in [9.17, 15) is 19.3 Å². The van der Waals surface area contributed by atoms with Gasteiger partial charge in [-0.25, -0.2) is 18.8 Å². The molecule has 0 spiro atoms. The highest BCUT2D eigenvalue weighted by Gasteiger charge is 2.55. The van der Waals surface area contributed by atoms with E-state index in [0.717, 1.165) is 34.9 Å². The van der Waals surface area contributed by atoms with Gasteiger partial charge in [-0.2, -0.15) is 0 Å². The van der Waals surface area contributed by atoms with Crippen LogP contribution in [-0.2, 0) is 31.5 Å². The van der Waals surface area contributed by atoms with Crippen LogP contribution in [0, 0.1) is 0 Å². The molecule has 0 radical (unpaired) electrons. The van der Waals surface area contributed by atoms with Gasteiger partial charge in [-0.15, -0.1) is 0 Å². The van der Waals surface area contributed by atoms with Gasteiger partial charge in [-0.05, 0) is 18.1 Å². The lowest BCUT2D eigenvalue weighted by molar-refractivity contribution is -0.0599. The standard InChI is InChI=1S/C24H27FN3O7P/c1-24(25)21(30)19(35-22(24)28-13-12-20(29)27-23(28)31)16-34-36(32,26-14-17-8-4-2-5-9-17)33-15-18-10-6-3-7-11-18/h2-13,19,21-22,30H,14-16H2,1H3,(H,26,32)(H,27,29,31). The van der Waals surface area contributed by atoms with E-state index in [1.54, 1.807) is 12.1 Å². The number of nitrogens with one attached hydrogen (secondary N) is 2. The number of aliphatic hydroxyl groups excluding tert-OH is 1. The summed E-state index contributed by atoms with van der Waals surface area (Å²) in [5, 5.41) is 13.4. The average Bonchev–Trinajstić information content (AvgIpc) is 3.10.